The van der Waals surface area contributed by atoms with Crippen molar-refractivity contribution in [1.82, 2.24) is 0 Å². The van der Waals surface area contributed by atoms with E-state index in [-0.39, 0.29) is 5.91 Å². The normalized spacial score (nSPS) is 10.5. The van der Waals surface area contributed by atoms with Gasteiger partial charge in [-0.05, 0) is 56.1 Å². The molecule has 0 aliphatic heterocycles. The molecule has 0 aliphatic rings. The second-order valence-corrected chi connectivity index (χ2v) is 5.39. The third-order valence-corrected chi connectivity index (χ3v) is 3.65. The van der Waals surface area contributed by atoms with Gasteiger partial charge in [-0.1, -0.05) is 29.8 Å². The quantitative estimate of drug-likeness (QED) is 0.936. The number of anilines is 1. The zero-order chi connectivity index (χ0) is 15.4. The Morgan fingerprint density at radius 1 is 1.10 bits per heavy atom. The Hall–Kier alpha value is -2.13. The van der Waals surface area contributed by atoms with Gasteiger partial charge in [-0.15, -0.1) is 0 Å². The fraction of sp³-hybridized carbons (Fsp3) is 0.278. The van der Waals surface area contributed by atoms with E-state index in [0.717, 1.165) is 23.2 Å². The molecule has 0 heterocycles. The smallest absolute Gasteiger partial charge is 0.258 e. The molecule has 3 nitrogen and oxygen atoms in total. The maximum atomic E-state index is 12.6. The maximum Gasteiger partial charge on any atom is 0.258 e. The second-order valence-electron chi connectivity index (χ2n) is 5.39. The summed E-state index contributed by atoms with van der Waals surface area (Å²) in [6.07, 6.45) is 0.835. The first kappa shape index (κ1) is 15.3. The maximum absolute atomic E-state index is 12.6. The van der Waals surface area contributed by atoms with Crippen molar-refractivity contribution in [2.45, 2.75) is 20.3 Å². The molecule has 2 N–H and O–H groups in total. The molecule has 0 aliphatic carbocycles. The molecule has 2 rings (SSSR count). The van der Waals surface area contributed by atoms with Crippen LogP contribution < -0.4 is 10.6 Å². The van der Waals surface area contributed by atoms with E-state index in [4.69, 9.17) is 5.73 Å². The van der Waals surface area contributed by atoms with Crippen molar-refractivity contribution in [2.75, 3.05) is 18.5 Å². The van der Waals surface area contributed by atoms with Gasteiger partial charge in [0.15, 0.2) is 0 Å². The molecule has 3 heteroatoms. The number of carbonyl (C=O) groups excluding carboxylic acids is 1. The average molecular weight is 282 g/mol. The molecule has 2 aromatic rings. The van der Waals surface area contributed by atoms with Gasteiger partial charge in [-0.25, -0.2) is 0 Å². The lowest BCUT2D eigenvalue weighted by Gasteiger charge is -2.20. The van der Waals surface area contributed by atoms with E-state index in [9.17, 15) is 4.79 Å². The van der Waals surface area contributed by atoms with Crippen LogP contribution in [0.5, 0.6) is 0 Å². The fourth-order valence-corrected chi connectivity index (χ4v) is 2.47. The van der Waals surface area contributed by atoms with Gasteiger partial charge >= 0.3 is 0 Å². The van der Waals surface area contributed by atoms with Crippen molar-refractivity contribution >= 4 is 11.6 Å². The van der Waals surface area contributed by atoms with Crippen molar-refractivity contribution in [3.05, 3.63) is 64.7 Å². The number of nitrogens with zero attached hydrogens (tertiary/aromatic N) is 1. The lowest BCUT2D eigenvalue weighted by atomic mass is 10.1. The highest BCUT2D eigenvalue weighted by Crippen LogP contribution is 2.21. The number of carbonyl (C=O) groups is 1. The summed E-state index contributed by atoms with van der Waals surface area (Å²) < 4.78 is 0. The molecule has 0 fully saturated rings. The van der Waals surface area contributed by atoms with Crippen LogP contribution >= 0.6 is 0 Å². The van der Waals surface area contributed by atoms with Crippen molar-refractivity contribution in [2.24, 2.45) is 5.73 Å². The molecular formula is C18H22N2O. The predicted molar refractivity (Wildman–Crippen MR) is 87.8 cm³/mol. The molecule has 0 saturated carbocycles. The number of aryl methyl sites for hydroxylation is 2. The molecule has 0 radical (unpaired) electrons. The molecule has 0 atom stereocenters. The van der Waals surface area contributed by atoms with Crippen LogP contribution in [-0.2, 0) is 6.42 Å². The lowest BCUT2D eigenvalue weighted by Crippen LogP contribution is -2.26. The van der Waals surface area contributed by atoms with E-state index in [1.165, 1.54) is 5.56 Å². The summed E-state index contributed by atoms with van der Waals surface area (Å²) in [6.45, 7) is 4.70. The average Bonchev–Trinajstić information content (AvgIpc) is 2.47. The van der Waals surface area contributed by atoms with Crippen molar-refractivity contribution in [3.8, 4) is 0 Å². The van der Waals surface area contributed by atoms with Gasteiger partial charge in [0.2, 0.25) is 0 Å². The van der Waals surface area contributed by atoms with Gasteiger partial charge in [0.05, 0.1) is 0 Å². The molecule has 0 spiro atoms. The zero-order valence-electron chi connectivity index (χ0n) is 12.9. The largest absolute Gasteiger partial charge is 0.330 e. The Labute approximate surface area is 126 Å². The summed E-state index contributed by atoms with van der Waals surface area (Å²) in [6, 6.07) is 13.8. The number of rotatable bonds is 4. The minimum Gasteiger partial charge on any atom is -0.330 e. The van der Waals surface area contributed by atoms with Crippen LogP contribution in [0.4, 0.5) is 5.69 Å². The molecule has 2 aromatic carbocycles. The Morgan fingerprint density at radius 2 is 1.76 bits per heavy atom. The summed E-state index contributed by atoms with van der Waals surface area (Å²) >= 11 is 0. The van der Waals surface area contributed by atoms with Gasteiger partial charge in [0.25, 0.3) is 5.91 Å². The van der Waals surface area contributed by atoms with E-state index >= 15 is 0 Å². The first-order valence-corrected chi connectivity index (χ1v) is 7.17. The van der Waals surface area contributed by atoms with Crippen molar-refractivity contribution in [3.63, 3.8) is 0 Å². The van der Waals surface area contributed by atoms with Crippen molar-refractivity contribution in [1.29, 1.82) is 0 Å². The number of hydrogen-bond donors (Lipinski definition) is 1. The van der Waals surface area contributed by atoms with Crippen LogP contribution in [0.2, 0.25) is 0 Å². The molecular weight excluding hydrogens is 260 g/mol. The third kappa shape index (κ3) is 3.50. The summed E-state index contributed by atoms with van der Waals surface area (Å²) in [7, 11) is 1.81. The van der Waals surface area contributed by atoms with Crippen LogP contribution in [-0.4, -0.2) is 19.5 Å². The zero-order valence-corrected chi connectivity index (χ0v) is 12.9. The minimum atomic E-state index is 0.00116. The first-order chi connectivity index (χ1) is 10.0. The van der Waals surface area contributed by atoms with E-state index in [2.05, 4.69) is 13.0 Å². The van der Waals surface area contributed by atoms with Crippen LogP contribution in [0.1, 0.15) is 27.0 Å². The summed E-state index contributed by atoms with van der Waals surface area (Å²) in [4.78, 5) is 14.3. The van der Waals surface area contributed by atoms with E-state index in [1.54, 1.807) is 4.90 Å². The summed E-state index contributed by atoms with van der Waals surface area (Å²) in [5, 5.41) is 0. The fourth-order valence-electron chi connectivity index (χ4n) is 2.47. The highest BCUT2D eigenvalue weighted by molar-refractivity contribution is 6.06. The molecule has 0 aromatic heterocycles. The number of hydrogen-bond acceptors (Lipinski definition) is 2. The molecule has 21 heavy (non-hydrogen) atoms. The highest BCUT2D eigenvalue weighted by Gasteiger charge is 2.15. The summed E-state index contributed by atoms with van der Waals surface area (Å²) in [5.41, 5.74) is 10.6. The van der Waals surface area contributed by atoms with E-state index in [0.29, 0.717) is 12.1 Å². The Balaban J connectivity index is 2.22. The standard InChI is InChI=1S/C18H22N2O/c1-13-4-9-17(14(2)12-13)20(3)18(21)16-7-5-15(6-8-16)10-11-19/h4-9,12H,10-11,19H2,1-3H3. The van der Waals surface area contributed by atoms with E-state index in [1.807, 2.05) is 50.4 Å². The molecule has 0 unspecified atom stereocenters. The predicted octanol–water partition coefficient (Wildman–Crippen LogP) is 3.08. The van der Waals surface area contributed by atoms with Crippen LogP contribution in [0.3, 0.4) is 0 Å². The monoisotopic (exact) mass is 282 g/mol. The second kappa shape index (κ2) is 6.55. The highest BCUT2D eigenvalue weighted by atomic mass is 16.2. The van der Waals surface area contributed by atoms with Crippen LogP contribution in [0, 0.1) is 13.8 Å². The minimum absolute atomic E-state index is 0.00116. The Kier molecular flexibility index (Phi) is 4.76. The molecule has 0 saturated heterocycles. The lowest BCUT2D eigenvalue weighted by molar-refractivity contribution is 0.0993. The Bertz CT molecular complexity index is 632. The van der Waals surface area contributed by atoms with Crippen LogP contribution in [0.25, 0.3) is 0 Å². The Morgan fingerprint density at radius 3 is 2.33 bits per heavy atom. The molecule has 1 amide bonds. The SMILES string of the molecule is Cc1ccc(N(C)C(=O)c2ccc(CCN)cc2)c(C)c1. The first-order valence-electron chi connectivity index (χ1n) is 7.17. The number of amides is 1. The van der Waals surface area contributed by atoms with Gasteiger partial charge in [0.1, 0.15) is 0 Å². The van der Waals surface area contributed by atoms with Gasteiger partial charge < -0.3 is 10.6 Å². The van der Waals surface area contributed by atoms with Crippen molar-refractivity contribution < 1.29 is 4.79 Å². The van der Waals surface area contributed by atoms with Crippen LogP contribution in [0.15, 0.2) is 42.5 Å². The van der Waals surface area contributed by atoms with Gasteiger partial charge in [-0.3, -0.25) is 4.79 Å². The van der Waals surface area contributed by atoms with Gasteiger partial charge in [0, 0.05) is 18.3 Å². The third-order valence-electron chi connectivity index (χ3n) is 3.65. The summed E-state index contributed by atoms with van der Waals surface area (Å²) in [5.74, 6) is 0.00116. The molecule has 110 valence electrons. The van der Waals surface area contributed by atoms with E-state index < -0.39 is 0 Å². The van der Waals surface area contributed by atoms with Gasteiger partial charge in [-0.2, -0.15) is 0 Å². The number of nitrogens with two attached hydrogens (primary N) is 1. The topological polar surface area (TPSA) is 46.3 Å². The number of benzene rings is 2. The molecule has 0 bridgehead atoms.